The topological polar surface area (TPSA) is 124 Å². The molecule has 1 amide bonds. The lowest BCUT2D eigenvalue weighted by atomic mass is 9.57. The van der Waals surface area contributed by atoms with E-state index in [0.717, 1.165) is 55.0 Å². The van der Waals surface area contributed by atoms with E-state index in [1.54, 1.807) is 19.5 Å². The van der Waals surface area contributed by atoms with E-state index < -0.39 is 7.14 Å². The van der Waals surface area contributed by atoms with Gasteiger partial charge in [0.15, 0.2) is 5.82 Å². The van der Waals surface area contributed by atoms with E-state index in [-0.39, 0.29) is 5.91 Å². The van der Waals surface area contributed by atoms with Crippen LogP contribution >= 0.6 is 18.7 Å². The van der Waals surface area contributed by atoms with E-state index in [9.17, 15) is 9.36 Å². The van der Waals surface area contributed by atoms with Crippen LogP contribution in [0.15, 0.2) is 67.5 Å². The zero-order valence-corrected chi connectivity index (χ0v) is 28.1. The van der Waals surface area contributed by atoms with Gasteiger partial charge >= 0.3 is 0 Å². The minimum absolute atomic E-state index is 0.277. The Balaban J connectivity index is 1.23. The van der Waals surface area contributed by atoms with Gasteiger partial charge in [-0.1, -0.05) is 24.2 Å². The number of carbonyl (C=O) groups is 1. The number of nitrogens with one attached hydrogen (secondary N) is 4. The molecule has 1 saturated carbocycles. The molecule has 0 radical (unpaired) electrons. The second-order valence-electron chi connectivity index (χ2n) is 12.8. The van der Waals surface area contributed by atoms with Crippen molar-refractivity contribution < 1.29 is 9.36 Å². The molecule has 10 nitrogen and oxygen atoms in total. The van der Waals surface area contributed by atoms with Crippen LogP contribution in [-0.4, -0.2) is 60.9 Å². The Morgan fingerprint density at radius 2 is 1.89 bits per heavy atom. The molecule has 2 aliphatic rings. The summed E-state index contributed by atoms with van der Waals surface area (Å²) in [5.41, 5.74) is 4.22. The molecule has 0 unspecified atom stereocenters. The molecular formula is C34H40ClN8O2P. The molecule has 3 heterocycles. The SMILES string of the molecule is C=CC(=O)Nc1cc(Nc2ncc(Cl)c(Nc3ccc4ncccc4c3P(C)(C)=O)n2)ccc1N1CCC2(CC1)CC(CNC)C2. The maximum atomic E-state index is 13.4. The summed E-state index contributed by atoms with van der Waals surface area (Å²) in [6.45, 7) is 10.1. The number of amides is 1. The number of hydrogen-bond acceptors (Lipinski definition) is 9. The van der Waals surface area contributed by atoms with Gasteiger partial charge in [-0.05, 0) is 106 Å². The number of nitrogens with zero attached hydrogens (tertiary/aromatic N) is 4. The van der Waals surface area contributed by atoms with Crippen molar-refractivity contribution in [3.63, 3.8) is 0 Å². The van der Waals surface area contributed by atoms with Crippen molar-refractivity contribution in [2.45, 2.75) is 25.7 Å². The monoisotopic (exact) mass is 658 g/mol. The maximum Gasteiger partial charge on any atom is 0.247 e. The van der Waals surface area contributed by atoms with Crippen LogP contribution in [0.25, 0.3) is 10.9 Å². The zero-order chi connectivity index (χ0) is 32.5. The van der Waals surface area contributed by atoms with Gasteiger partial charge in [0, 0.05) is 35.7 Å². The first-order chi connectivity index (χ1) is 22.1. The fraction of sp³-hybridized carbons (Fsp3) is 0.353. The molecule has 2 aromatic heterocycles. The molecule has 1 aliphatic carbocycles. The predicted octanol–water partition coefficient (Wildman–Crippen LogP) is 6.75. The molecule has 46 heavy (non-hydrogen) atoms. The third-order valence-electron chi connectivity index (χ3n) is 9.09. The quantitative estimate of drug-likeness (QED) is 0.108. The van der Waals surface area contributed by atoms with Crippen molar-refractivity contribution in [2.75, 3.05) is 60.9 Å². The number of hydrogen-bond donors (Lipinski definition) is 4. The molecule has 1 saturated heterocycles. The highest BCUT2D eigenvalue weighted by atomic mass is 35.5. The molecule has 2 aromatic carbocycles. The summed E-state index contributed by atoms with van der Waals surface area (Å²) in [6.07, 6.45) is 9.38. The van der Waals surface area contributed by atoms with Crippen molar-refractivity contribution in [3.8, 4) is 0 Å². The van der Waals surface area contributed by atoms with Gasteiger partial charge in [-0.2, -0.15) is 4.98 Å². The molecular weight excluding hydrogens is 619 g/mol. The first-order valence-electron chi connectivity index (χ1n) is 15.5. The van der Waals surface area contributed by atoms with Gasteiger partial charge in [-0.25, -0.2) is 4.98 Å². The first-order valence-corrected chi connectivity index (χ1v) is 18.5. The Kier molecular flexibility index (Phi) is 9.06. The Bertz CT molecular complexity index is 1830. The standard InChI is InChI=1S/C34H40ClN8O2P/c1-5-30(44)40-28-17-23(8-11-29(28)43-15-12-34(13-16-43)18-22(19-34)20-36-2)39-33-38-21-25(35)32(42-33)41-27-10-9-26-24(7-6-14-37-26)31(27)46(3,4)45/h5-11,14,17,21-22,36H,1,12-13,15-16,18-20H2,2-4H3,(H,40,44)(H2,38,39,41,42). The average molecular weight is 659 g/mol. The third-order valence-corrected chi connectivity index (χ3v) is 10.9. The molecule has 1 aliphatic heterocycles. The summed E-state index contributed by atoms with van der Waals surface area (Å²) >= 11 is 6.54. The average Bonchev–Trinajstić information content (AvgIpc) is 3.02. The third kappa shape index (κ3) is 6.75. The molecule has 6 rings (SSSR count). The number of aromatic nitrogens is 3. The van der Waals surface area contributed by atoms with E-state index in [1.165, 1.54) is 25.1 Å². The van der Waals surface area contributed by atoms with Crippen molar-refractivity contribution in [1.29, 1.82) is 0 Å². The van der Waals surface area contributed by atoms with Crippen molar-refractivity contribution in [1.82, 2.24) is 20.3 Å². The lowest BCUT2D eigenvalue weighted by Crippen LogP contribution is -2.49. The van der Waals surface area contributed by atoms with Crippen LogP contribution in [0.2, 0.25) is 5.02 Å². The highest BCUT2D eigenvalue weighted by Crippen LogP contribution is 2.53. The molecule has 240 valence electrons. The van der Waals surface area contributed by atoms with Crippen LogP contribution in [-0.2, 0) is 9.36 Å². The van der Waals surface area contributed by atoms with E-state index >= 15 is 0 Å². The summed E-state index contributed by atoms with van der Waals surface area (Å²) < 4.78 is 13.4. The number of pyridine rings is 1. The van der Waals surface area contributed by atoms with Gasteiger partial charge in [-0.3, -0.25) is 9.78 Å². The van der Waals surface area contributed by atoms with E-state index in [4.69, 9.17) is 11.6 Å². The number of fused-ring (bicyclic) bond motifs is 1. The van der Waals surface area contributed by atoms with Crippen LogP contribution < -0.4 is 31.5 Å². The lowest BCUT2D eigenvalue weighted by molar-refractivity contribution is -0.111. The molecule has 4 aromatic rings. The van der Waals surface area contributed by atoms with Gasteiger partial charge in [0.25, 0.3) is 0 Å². The van der Waals surface area contributed by atoms with Crippen LogP contribution in [0.3, 0.4) is 0 Å². The Hall–Kier alpha value is -3.98. The highest BCUT2D eigenvalue weighted by molar-refractivity contribution is 7.71. The number of anilines is 6. The molecule has 2 fully saturated rings. The fourth-order valence-corrected chi connectivity index (χ4v) is 8.61. The number of rotatable bonds is 10. The zero-order valence-electron chi connectivity index (χ0n) is 26.4. The molecule has 4 N–H and O–H groups in total. The minimum Gasteiger partial charge on any atom is -0.370 e. The summed E-state index contributed by atoms with van der Waals surface area (Å²) in [7, 11) is -0.696. The highest BCUT2D eigenvalue weighted by Gasteiger charge is 2.45. The van der Waals surface area contributed by atoms with Crippen molar-refractivity contribution in [2.24, 2.45) is 11.3 Å². The summed E-state index contributed by atoms with van der Waals surface area (Å²) in [6, 6.07) is 13.3. The molecule has 12 heteroatoms. The van der Waals surface area contributed by atoms with Gasteiger partial charge in [0.2, 0.25) is 11.9 Å². The Morgan fingerprint density at radius 1 is 1.11 bits per heavy atom. The van der Waals surface area contributed by atoms with E-state index in [1.807, 2.05) is 49.5 Å². The molecule has 0 atom stereocenters. The van der Waals surface area contributed by atoms with Crippen LogP contribution in [0.1, 0.15) is 25.7 Å². The second kappa shape index (κ2) is 13.0. The Morgan fingerprint density at radius 3 is 2.61 bits per heavy atom. The van der Waals surface area contributed by atoms with Crippen molar-refractivity contribution in [3.05, 3.63) is 72.5 Å². The number of halogens is 1. The van der Waals surface area contributed by atoms with E-state index in [0.29, 0.717) is 44.6 Å². The van der Waals surface area contributed by atoms with Gasteiger partial charge in [0.05, 0.1) is 28.8 Å². The van der Waals surface area contributed by atoms with E-state index in [2.05, 4.69) is 47.7 Å². The number of benzene rings is 2. The summed E-state index contributed by atoms with van der Waals surface area (Å²) in [5, 5.41) is 14.7. The van der Waals surface area contributed by atoms with Crippen molar-refractivity contribution >= 4 is 75.4 Å². The largest absolute Gasteiger partial charge is 0.370 e. The van der Waals surface area contributed by atoms with Gasteiger partial charge in [0.1, 0.15) is 12.2 Å². The van der Waals surface area contributed by atoms with Crippen LogP contribution in [0.5, 0.6) is 0 Å². The fourth-order valence-electron chi connectivity index (χ4n) is 6.99. The molecule has 0 bridgehead atoms. The summed E-state index contributed by atoms with van der Waals surface area (Å²) in [4.78, 5) is 28.2. The smallest absolute Gasteiger partial charge is 0.247 e. The van der Waals surface area contributed by atoms with Gasteiger partial charge in [-0.15, -0.1) is 0 Å². The normalized spacial score (nSPS) is 16.2. The van der Waals surface area contributed by atoms with Gasteiger partial charge < -0.3 is 30.7 Å². The molecule has 1 spiro atoms. The first kappa shape index (κ1) is 32.0. The second-order valence-corrected chi connectivity index (χ2v) is 16.3. The van der Waals surface area contributed by atoms with Crippen LogP contribution in [0, 0.1) is 11.3 Å². The number of carbonyl (C=O) groups excluding carboxylic acids is 1. The van der Waals surface area contributed by atoms with Crippen LogP contribution in [0.4, 0.5) is 34.5 Å². The predicted molar refractivity (Wildman–Crippen MR) is 190 cm³/mol. The maximum absolute atomic E-state index is 13.4. The Labute approximate surface area is 274 Å². The lowest BCUT2D eigenvalue weighted by Gasteiger charge is -2.53. The number of piperidine rings is 1. The summed E-state index contributed by atoms with van der Waals surface area (Å²) in [5.74, 6) is 1.17. The minimum atomic E-state index is -2.72.